The molecule has 1 fully saturated rings. The lowest BCUT2D eigenvalue weighted by Gasteiger charge is -2.30. The van der Waals surface area contributed by atoms with E-state index in [1.165, 1.54) is 36.4 Å². The molecule has 3 unspecified atom stereocenters. The van der Waals surface area contributed by atoms with Crippen LogP contribution in [-0.2, 0) is 37.1 Å². The number of benzene rings is 3. The normalized spacial score (nSPS) is 19.6. The number of nitrogens with two attached hydrogens (primary N) is 1. The number of aromatic nitrogens is 1. The minimum atomic E-state index is -4.84. The van der Waals surface area contributed by atoms with Crippen LogP contribution in [0.4, 0.5) is 24.5 Å². The highest BCUT2D eigenvalue weighted by molar-refractivity contribution is 9.10. The van der Waals surface area contributed by atoms with E-state index in [4.69, 9.17) is 5.14 Å². The van der Waals surface area contributed by atoms with Crippen LogP contribution in [0.2, 0.25) is 0 Å². The number of anilines is 2. The average Bonchev–Trinajstić information content (AvgIpc) is 3.42. The number of fused-ring (bicyclic) bond motifs is 2. The van der Waals surface area contributed by atoms with E-state index in [0.717, 1.165) is 39.8 Å². The fourth-order valence-corrected chi connectivity index (χ4v) is 9.24. The van der Waals surface area contributed by atoms with Crippen LogP contribution in [0.5, 0.6) is 0 Å². The third kappa shape index (κ3) is 5.81. The second kappa shape index (κ2) is 11.8. The van der Waals surface area contributed by atoms with E-state index in [1.54, 1.807) is 24.3 Å². The predicted molar refractivity (Wildman–Crippen MR) is 168 cm³/mol. The van der Waals surface area contributed by atoms with Crippen molar-refractivity contribution < 1.29 is 36.0 Å². The molecule has 3 heterocycles. The minimum absolute atomic E-state index is 0.166. The van der Waals surface area contributed by atoms with Crippen molar-refractivity contribution in [2.75, 3.05) is 10.2 Å². The van der Waals surface area contributed by atoms with Gasteiger partial charge in [0.1, 0.15) is 11.8 Å². The molecule has 4 aromatic rings. The number of sulfonamides is 1. The Morgan fingerprint density at radius 3 is 2.33 bits per heavy atom. The van der Waals surface area contributed by atoms with E-state index < -0.39 is 73.7 Å². The van der Waals surface area contributed by atoms with Gasteiger partial charge in [-0.25, -0.2) is 18.5 Å². The van der Waals surface area contributed by atoms with Gasteiger partial charge in [0.25, 0.3) is 0 Å². The van der Waals surface area contributed by atoms with E-state index in [2.05, 4.69) is 21.2 Å². The number of imide groups is 1. The van der Waals surface area contributed by atoms with Crippen LogP contribution in [0.3, 0.4) is 0 Å². The number of carbonyl (C=O) groups is 3. The Labute approximate surface area is 275 Å². The second-order valence-electron chi connectivity index (χ2n) is 10.4. The van der Waals surface area contributed by atoms with Gasteiger partial charge in [0.05, 0.1) is 27.1 Å². The lowest BCUT2D eigenvalue weighted by molar-refractivity contribution is -0.137. The number of nitrogens with zero attached hydrogens (tertiary/aromatic N) is 2. The molecule has 17 heteroatoms. The Morgan fingerprint density at radius 2 is 1.67 bits per heavy atom. The first-order valence-electron chi connectivity index (χ1n) is 13.3. The highest BCUT2D eigenvalue weighted by Gasteiger charge is 2.57. The number of amides is 3. The number of halogens is 4. The molecule has 0 spiro atoms. The maximum absolute atomic E-state index is 14.0. The minimum Gasteiger partial charge on any atom is -0.325 e. The summed E-state index contributed by atoms with van der Waals surface area (Å²) in [6.45, 7) is -0.500. The number of carbonyl (C=O) groups excluding carboxylic acids is 3. The zero-order valence-electron chi connectivity index (χ0n) is 23.0. The first-order chi connectivity index (χ1) is 21.6. The summed E-state index contributed by atoms with van der Waals surface area (Å²) >= 11 is 5.04. The molecule has 2 aliphatic heterocycles. The lowest BCUT2D eigenvalue weighted by Crippen LogP contribution is -2.33. The van der Waals surface area contributed by atoms with Crippen LogP contribution in [0, 0.1) is 5.92 Å². The van der Waals surface area contributed by atoms with Gasteiger partial charge in [-0.2, -0.15) is 13.2 Å². The Balaban J connectivity index is 1.39. The summed E-state index contributed by atoms with van der Waals surface area (Å²) in [4.78, 5) is 54.5. The molecule has 3 N–H and O–H groups in total. The summed E-state index contributed by atoms with van der Waals surface area (Å²) in [5.41, 5.74) is -0.947. The number of thiazole rings is 1. The summed E-state index contributed by atoms with van der Waals surface area (Å²) in [6.07, 6.45) is -4.84. The molecule has 6 rings (SSSR count). The van der Waals surface area contributed by atoms with Crippen LogP contribution < -0.4 is 20.2 Å². The smallest absolute Gasteiger partial charge is 0.325 e. The summed E-state index contributed by atoms with van der Waals surface area (Å²) in [6, 6.07) is 16.2. The van der Waals surface area contributed by atoms with Gasteiger partial charge in [0.2, 0.25) is 27.7 Å². The Bertz CT molecular complexity index is 2080. The number of rotatable bonds is 6. The second-order valence-corrected chi connectivity index (χ2v) is 15.0. The van der Waals surface area contributed by atoms with Crippen molar-refractivity contribution in [3.63, 3.8) is 0 Å². The molecule has 3 aromatic carbocycles. The van der Waals surface area contributed by atoms with Crippen LogP contribution >= 0.6 is 39.0 Å². The van der Waals surface area contributed by atoms with Crippen LogP contribution in [-0.4, -0.2) is 36.0 Å². The zero-order chi connectivity index (χ0) is 33.1. The highest BCUT2D eigenvalue weighted by Crippen LogP contribution is 2.54. The van der Waals surface area contributed by atoms with E-state index in [1.807, 2.05) is 0 Å². The molecule has 0 bridgehead atoms. The third-order valence-corrected chi connectivity index (χ3v) is 11.5. The third-order valence-electron chi connectivity index (χ3n) is 7.48. The van der Waals surface area contributed by atoms with Gasteiger partial charge in [0, 0.05) is 21.0 Å². The van der Waals surface area contributed by atoms with Crippen LogP contribution in [0.15, 0.2) is 92.0 Å². The van der Waals surface area contributed by atoms with Crippen molar-refractivity contribution in [3.05, 3.63) is 103 Å². The standard InChI is InChI=1S/C29H20BrF3N4O6S3/c30-15-5-3-4-14(12-15)21-22-23(26(40)37(25(22)39)19-7-2-1-6-18(19)29(31,32)33)44-27-24(21)45-28(41)36(27)13-20(38)35-16-8-10-17(11-9-16)46(34,42)43/h1-12,21-23H,13H2,(H,35,38)(H2,34,42,43). The molecule has 46 heavy (non-hydrogen) atoms. The molecule has 2 aliphatic rings. The zero-order valence-corrected chi connectivity index (χ0v) is 27.1. The van der Waals surface area contributed by atoms with E-state index >= 15 is 0 Å². The van der Waals surface area contributed by atoms with Gasteiger partial charge in [-0.1, -0.05) is 63.3 Å². The molecule has 0 saturated carbocycles. The average molecular weight is 754 g/mol. The molecule has 0 radical (unpaired) electrons. The molecule has 3 amide bonds. The number of hydrogen-bond donors (Lipinski definition) is 2. The number of alkyl halides is 3. The fraction of sp³-hybridized carbons (Fsp3) is 0.172. The van der Waals surface area contributed by atoms with Gasteiger partial charge in [-0.3, -0.25) is 23.7 Å². The number of hydrogen-bond acceptors (Lipinski definition) is 8. The van der Waals surface area contributed by atoms with Crippen LogP contribution in [0.25, 0.3) is 0 Å². The van der Waals surface area contributed by atoms with Crippen molar-refractivity contribution in [2.45, 2.75) is 33.8 Å². The quantitative estimate of drug-likeness (QED) is 0.270. The van der Waals surface area contributed by atoms with Crippen molar-refractivity contribution in [1.82, 2.24) is 4.57 Å². The molecule has 238 valence electrons. The van der Waals surface area contributed by atoms with Crippen molar-refractivity contribution in [1.29, 1.82) is 0 Å². The van der Waals surface area contributed by atoms with Crippen LogP contribution in [0.1, 0.15) is 21.9 Å². The Kier molecular flexibility index (Phi) is 8.25. The number of nitrogens with one attached hydrogen (secondary N) is 1. The molecular weight excluding hydrogens is 733 g/mol. The van der Waals surface area contributed by atoms with E-state index in [-0.39, 0.29) is 15.6 Å². The largest absolute Gasteiger partial charge is 0.418 e. The van der Waals surface area contributed by atoms with Gasteiger partial charge in [0.15, 0.2) is 0 Å². The maximum Gasteiger partial charge on any atom is 0.418 e. The monoisotopic (exact) mass is 752 g/mol. The topological polar surface area (TPSA) is 149 Å². The molecule has 3 atom stereocenters. The molecule has 0 aliphatic carbocycles. The van der Waals surface area contributed by atoms with Gasteiger partial charge < -0.3 is 5.32 Å². The summed E-state index contributed by atoms with van der Waals surface area (Å²) < 4.78 is 66.7. The van der Waals surface area contributed by atoms with E-state index in [0.29, 0.717) is 19.8 Å². The van der Waals surface area contributed by atoms with Crippen molar-refractivity contribution in [3.8, 4) is 0 Å². The van der Waals surface area contributed by atoms with E-state index in [9.17, 15) is 40.8 Å². The molecule has 1 saturated heterocycles. The molecule has 10 nitrogen and oxygen atoms in total. The summed E-state index contributed by atoms with van der Waals surface area (Å²) in [5, 5.41) is 6.73. The first-order valence-corrected chi connectivity index (χ1v) is 17.3. The van der Waals surface area contributed by atoms with Gasteiger partial charge in [-0.05, 0) is 54.1 Å². The van der Waals surface area contributed by atoms with Gasteiger partial charge in [-0.15, -0.1) is 0 Å². The van der Waals surface area contributed by atoms with Crippen molar-refractivity contribution >= 4 is 78.1 Å². The lowest BCUT2D eigenvalue weighted by atomic mass is 9.83. The SMILES string of the molecule is NS(=O)(=O)c1ccc(NC(=O)Cn2c3c(sc2=O)C(c2cccc(Br)c2)C2C(=O)N(c4ccccc4C(F)(F)F)C(=O)C2S3)cc1. The highest BCUT2D eigenvalue weighted by atomic mass is 79.9. The summed E-state index contributed by atoms with van der Waals surface area (Å²) in [7, 11) is -3.96. The first kappa shape index (κ1) is 32.2. The Morgan fingerprint density at radius 1 is 0.978 bits per heavy atom. The Hall–Kier alpha value is -3.77. The van der Waals surface area contributed by atoms with Gasteiger partial charge >= 0.3 is 11.0 Å². The number of thioether (sulfide) groups is 1. The number of para-hydroxylation sites is 1. The maximum atomic E-state index is 14.0. The molecular formula is C29H20BrF3N4O6S3. The molecule has 1 aromatic heterocycles. The van der Waals surface area contributed by atoms with Crippen molar-refractivity contribution in [2.24, 2.45) is 11.1 Å². The fourth-order valence-electron chi connectivity index (χ4n) is 5.53. The summed E-state index contributed by atoms with van der Waals surface area (Å²) in [5.74, 6) is -4.37. The predicted octanol–water partition coefficient (Wildman–Crippen LogP) is 4.77. The number of primary sulfonamides is 1.